The zero-order valence-electron chi connectivity index (χ0n) is 10.8. The van der Waals surface area contributed by atoms with Gasteiger partial charge in [0.2, 0.25) is 0 Å². The van der Waals surface area contributed by atoms with Gasteiger partial charge in [-0.25, -0.2) is 4.39 Å². The summed E-state index contributed by atoms with van der Waals surface area (Å²) in [6, 6.07) is 5.23. The molecule has 1 unspecified atom stereocenters. The molecule has 0 radical (unpaired) electrons. The average Bonchev–Trinajstić information content (AvgIpc) is 2.85. The molecule has 18 heavy (non-hydrogen) atoms. The lowest BCUT2D eigenvalue weighted by atomic mass is 10.1. The van der Waals surface area contributed by atoms with Crippen LogP contribution in [-0.4, -0.2) is 31.3 Å². The minimum absolute atomic E-state index is 0.152. The molecule has 2 N–H and O–H groups in total. The van der Waals surface area contributed by atoms with Crippen molar-refractivity contribution in [3.8, 4) is 0 Å². The molecule has 0 saturated carbocycles. The molecule has 1 saturated heterocycles. The normalized spacial score (nSPS) is 19.5. The highest BCUT2D eigenvalue weighted by molar-refractivity contribution is 5.55. The third-order valence-electron chi connectivity index (χ3n) is 3.53. The monoisotopic (exact) mass is 252 g/mol. The van der Waals surface area contributed by atoms with Crippen LogP contribution < -0.4 is 10.2 Å². The molecule has 1 heterocycles. The van der Waals surface area contributed by atoms with E-state index in [1.165, 1.54) is 6.07 Å². The van der Waals surface area contributed by atoms with Crippen molar-refractivity contribution in [2.45, 2.75) is 19.9 Å². The average molecular weight is 252 g/mol. The van der Waals surface area contributed by atoms with Crippen LogP contribution in [0.5, 0.6) is 0 Å². The van der Waals surface area contributed by atoms with Gasteiger partial charge in [0.25, 0.3) is 0 Å². The van der Waals surface area contributed by atoms with Crippen molar-refractivity contribution in [3.05, 3.63) is 29.6 Å². The Morgan fingerprint density at radius 1 is 1.50 bits per heavy atom. The molecule has 4 heteroatoms. The zero-order valence-corrected chi connectivity index (χ0v) is 10.8. The van der Waals surface area contributed by atoms with E-state index in [-0.39, 0.29) is 12.4 Å². The third-order valence-corrected chi connectivity index (χ3v) is 3.53. The molecule has 0 amide bonds. The van der Waals surface area contributed by atoms with Gasteiger partial charge >= 0.3 is 0 Å². The van der Waals surface area contributed by atoms with Crippen molar-refractivity contribution >= 4 is 5.69 Å². The molecule has 1 aromatic carbocycles. The summed E-state index contributed by atoms with van der Waals surface area (Å²) < 4.78 is 13.9. The van der Waals surface area contributed by atoms with Crippen molar-refractivity contribution in [3.63, 3.8) is 0 Å². The predicted octanol–water partition coefficient (Wildman–Crippen LogP) is 1.75. The van der Waals surface area contributed by atoms with E-state index in [1.54, 1.807) is 6.07 Å². The van der Waals surface area contributed by atoms with Gasteiger partial charge in [-0.2, -0.15) is 0 Å². The fraction of sp³-hybridized carbons (Fsp3) is 0.571. The summed E-state index contributed by atoms with van der Waals surface area (Å²) in [5.41, 5.74) is 1.70. The first-order valence-electron chi connectivity index (χ1n) is 6.60. The van der Waals surface area contributed by atoms with Gasteiger partial charge in [-0.3, -0.25) is 0 Å². The summed E-state index contributed by atoms with van der Waals surface area (Å²) in [6.45, 7) is 5.32. The minimum Gasteiger partial charge on any atom is -0.396 e. The van der Waals surface area contributed by atoms with Gasteiger partial charge in [0, 0.05) is 43.4 Å². The second-order valence-electron chi connectivity index (χ2n) is 4.80. The van der Waals surface area contributed by atoms with Gasteiger partial charge in [-0.05, 0) is 25.1 Å². The molecule has 0 spiro atoms. The van der Waals surface area contributed by atoms with E-state index in [0.29, 0.717) is 12.5 Å². The SMILES string of the molecule is CCNCc1c(F)cccc1N1CCC(CO)C1. The number of hydrogen-bond donors (Lipinski definition) is 2. The molecule has 3 nitrogen and oxygen atoms in total. The molecular weight excluding hydrogens is 231 g/mol. The number of rotatable bonds is 5. The van der Waals surface area contributed by atoms with Gasteiger partial charge in [0.05, 0.1) is 0 Å². The molecule has 1 fully saturated rings. The summed E-state index contributed by atoms with van der Waals surface area (Å²) >= 11 is 0. The van der Waals surface area contributed by atoms with Crippen LogP contribution in [0.4, 0.5) is 10.1 Å². The lowest BCUT2D eigenvalue weighted by Crippen LogP contribution is -2.24. The maximum Gasteiger partial charge on any atom is 0.129 e. The minimum atomic E-state index is -0.152. The highest BCUT2D eigenvalue weighted by atomic mass is 19.1. The van der Waals surface area contributed by atoms with Crippen LogP contribution in [-0.2, 0) is 6.54 Å². The van der Waals surface area contributed by atoms with Gasteiger partial charge in [0.1, 0.15) is 5.82 Å². The Bertz CT molecular complexity index is 397. The first kappa shape index (κ1) is 13.3. The molecule has 1 atom stereocenters. The third kappa shape index (κ3) is 2.82. The highest BCUT2D eigenvalue weighted by Gasteiger charge is 2.24. The molecule has 0 aliphatic carbocycles. The molecule has 2 rings (SSSR count). The largest absolute Gasteiger partial charge is 0.396 e. The Morgan fingerprint density at radius 3 is 3.00 bits per heavy atom. The summed E-state index contributed by atoms with van der Waals surface area (Å²) in [6.07, 6.45) is 0.980. The van der Waals surface area contributed by atoms with Crippen LogP contribution in [0, 0.1) is 11.7 Å². The molecule has 1 aromatic rings. The van der Waals surface area contributed by atoms with E-state index < -0.39 is 0 Å². The number of aliphatic hydroxyl groups is 1. The Balaban J connectivity index is 2.19. The standard InChI is InChI=1S/C14H21FN2O/c1-2-16-8-12-13(15)4-3-5-14(12)17-7-6-11(9-17)10-18/h3-5,11,16,18H,2,6-10H2,1H3. The number of nitrogens with one attached hydrogen (secondary N) is 1. The second kappa shape index (κ2) is 6.16. The topological polar surface area (TPSA) is 35.5 Å². The van der Waals surface area contributed by atoms with Crippen LogP contribution in [0.25, 0.3) is 0 Å². The highest BCUT2D eigenvalue weighted by Crippen LogP contribution is 2.28. The number of nitrogens with zero attached hydrogens (tertiary/aromatic N) is 1. The smallest absolute Gasteiger partial charge is 0.129 e. The first-order valence-corrected chi connectivity index (χ1v) is 6.60. The number of halogens is 1. The lowest BCUT2D eigenvalue weighted by Gasteiger charge is -2.22. The van der Waals surface area contributed by atoms with E-state index in [1.807, 2.05) is 13.0 Å². The molecule has 100 valence electrons. The summed E-state index contributed by atoms with van der Waals surface area (Å²) in [5.74, 6) is 0.168. The van der Waals surface area contributed by atoms with Gasteiger partial charge in [-0.15, -0.1) is 0 Å². The second-order valence-corrected chi connectivity index (χ2v) is 4.80. The maximum atomic E-state index is 13.9. The Hall–Kier alpha value is -1.13. The van der Waals surface area contributed by atoms with Crippen molar-refractivity contribution in [2.24, 2.45) is 5.92 Å². The van der Waals surface area contributed by atoms with Gasteiger partial charge in [-0.1, -0.05) is 13.0 Å². The fourth-order valence-corrected chi connectivity index (χ4v) is 2.47. The lowest BCUT2D eigenvalue weighted by molar-refractivity contribution is 0.238. The van der Waals surface area contributed by atoms with E-state index in [4.69, 9.17) is 0 Å². The first-order chi connectivity index (χ1) is 8.76. The van der Waals surface area contributed by atoms with Crippen molar-refractivity contribution in [1.29, 1.82) is 0 Å². The quantitative estimate of drug-likeness (QED) is 0.838. The Kier molecular flexibility index (Phi) is 4.55. The molecule has 1 aliphatic rings. The van der Waals surface area contributed by atoms with E-state index in [0.717, 1.165) is 37.3 Å². The predicted molar refractivity (Wildman–Crippen MR) is 71.2 cm³/mol. The van der Waals surface area contributed by atoms with Crippen molar-refractivity contribution < 1.29 is 9.50 Å². The number of benzene rings is 1. The number of anilines is 1. The van der Waals surface area contributed by atoms with Crippen LogP contribution in [0.2, 0.25) is 0 Å². The molecule has 0 aromatic heterocycles. The maximum absolute atomic E-state index is 13.9. The number of aliphatic hydroxyl groups excluding tert-OH is 1. The van der Waals surface area contributed by atoms with E-state index >= 15 is 0 Å². The van der Waals surface area contributed by atoms with Gasteiger partial charge in [0.15, 0.2) is 0 Å². The molecule has 1 aliphatic heterocycles. The summed E-state index contributed by atoms with van der Waals surface area (Å²) in [7, 11) is 0. The van der Waals surface area contributed by atoms with Crippen LogP contribution in [0.15, 0.2) is 18.2 Å². The summed E-state index contributed by atoms with van der Waals surface area (Å²) in [4.78, 5) is 2.18. The zero-order chi connectivity index (χ0) is 13.0. The van der Waals surface area contributed by atoms with Crippen LogP contribution in [0.3, 0.4) is 0 Å². The van der Waals surface area contributed by atoms with Crippen molar-refractivity contribution in [1.82, 2.24) is 5.32 Å². The molecular formula is C14H21FN2O. The molecule has 0 bridgehead atoms. The fourth-order valence-electron chi connectivity index (χ4n) is 2.47. The van der Waals surface area contributed by atoms with Crippen LogP contribution >= 0.6 is 0 Å². The van der Waals surface area contributed by atoms with Gasteiger partial charge < -0.3 is 15.3 Å². The Morgan fingerprint density at radius 2 is 2.33 bits per heavy atom. The summed E-state index contributed by atoms with van der Waals surface area (Å²) in [5, 5.41) is 12.4. The van der Waals surface area contributed by atoms with E-state index in [9.17, 15) is 9.50 Å². The van der Waals surface area contributed by atoms with E-state index in [2.05, 4.69) is 10.2 Å². The number of hydrogen-bond acceptors (Lipinski definition) is 3. The van der Waals surface area contributed by atoms with Crippen molar-refractivity contribution in [2.75, 3.05) is 31.1 Å². The van der Waals surface area contributed by atoms with Crippen LogP contribution in [0.1, 0.15) is 18.9 Å². The Labute approximate surface area is 108 Å².